The summed E-state index contributed by atoms with van der Waals surface area (Å²) >= 11 is 0. The van der Waals surface area contributed by atoms with Gasteiger partial charge in [0.25, 0.3) is 0 Å². The smallest absolute Gasteiger partial charge is 0.164 e. The number of hydrogen-bond acceptors (Lipinski definition) is 4. The van der Waals surface area contributed by atoms with Gasteiger partial charge in [0.05, 0.1) is 16.6 Å². The Kier molecular flexibility index (Phi) is 8.74. The lowest BCUT2D eigenvalue weighted by atomic mass is 9.96. The van der Waals surface area contributed by atoms with Crippen molar-refractivity contribution in [3.63, 3.8) is 0 Å². The average Bonchev–Trinajstić information content (AvgIpc) is 3.86. The predicted octanol–water partition coefficient (Wildman–Crippen LogP) is 11.9. The minimum absolute atomic E-state index is 0.297. The minimum atomic E-state index is 0.297. The third-order valence-corrected chi connectivity index (χ3v) is 11.6. The van der Waals surface area contributed by atoms with E-state index in [0.29, 0.717) is 23.3 Å². The van der Waals surface area contributed by atoms with Gasteiger partial charge < -0.3 is 14.9 Å². The zero-order chi connectivity index (χ0) is 40.9. The molecule has 7 aromatic carbocycles. The van der Waals surface area contributed by atoms with Crippen molar-refractivity contribution in [2.75, 3.05) is 0 Å². The second kappa shape index (κ2) is 14.9. The normalized spacial score (nSPS) is 12.6. The van der Waals surface area contributed by atoms with E-state index in [1.54, 1.807) is 0 Å². The molecule has 290 valence electrons. The van der Waals surface area contributed by atoms with Crippen molar-refractivity contribution < 1.29 is 0 Å². The minimum Gasteiger partial charge on any atom is -0.383 e. The van der Waals surface area contributed by atoms with Crippen molar-refractivity contribution in [3.8, 4) is 56.7 Å². The molecule has 0 fully saturated rings. The van der Waals surface area contributed by atoms with Crippen molar-refractivity contribution in [3.05, 3.63) is 193 Å². The van der Waals surface area contributed by atoms with Crippen LogP contribution in [0.4, 0.5) is 0 Å². The molecule has 10 aromatic rings. The van der Waals surface area contributed by atoms with E-state index >= 15 is 0 Å². The molecule has 3 heterocycles. The number of aliphatic imine (C=N–C) groups is 1. The molecule has 0 saturated heterocycles. The molecule has 61 heavy (non-hydrogen) atoms. The molecule has 1 aliphatic rings. The number of benzene rings is 7. The number of fused-ring (bicyclic) bond motifs is 6. The van der Waals surface area contributed by atoms with Crippen LogP contribution in [-0.4, -0.2) is 36.3 Å². The first-order valence-electron chi connectivity index (χ1n) is 20.4. The molecule has 1 aliphatic carbocycles. The summed E-state index contributed by atoms with van der Waals surface area (Å²) in [7, 11) is 0. The number of aryl methyl sites for hydroxylation is 1. The van der Waals surface area contributed by atoms with Crippen LogP contribution in [0.3, 0.4) is 0 Å². The highest BCUT2D eigenvalue weighted by Gasteiger charge is 2.24. The van der Waals surface area contributed by atoms with Crippen molar-refractivity contribution in [2.45, 2.75) is 12.8 Å². The second-order valence-electron chi connectivity index (χ2n) is 15.2. The van der Waals surface area contributed by atoms with E-state index in [1.807, 2.05) is 72.8 Å². The van der Waals surface area contributed by atoms with E-state index in [9.17, 15) is 0 Å². The summed E-state index contributed by atoms with van der Waals surface area (Å²) in [5.74, 6) is 2.16. The molecule has 0 atom stereocenters. The summed E-state index contributed by atoms with van der Waals surface area (Å²) in [5.41, 5.74) is 19.9. The third kappa shape index (κ3) is 6.12. The van der Waals surface area contributed by atoms with Crippen LogP contribution in [0.5, 0.6) is 0 Å². The molecule has 0 radical (unpaired) electrons. The number of nitrogens with one attached hydrogen (secondary N) is 1. The van der Waals surface area contributed by atoms with Gasteiger partial charge in [-0.3, -0.25) is 5.41 Å². The van der Waals surface area contributed by atoms with Gasteiger partial charge in [-0.25, -0.2) is 19.9 Å². The zero-order valence-electron chi connectivity index (χ0n) is 33.1. The molecule has 0 aliphatic heterocycles. The van der Waals surface area contributed by atoms with Gasteiger partial charge in [0.2, 0.25) is 0 Å². The molecule has 11 rings (SSSR count). The molecule has 3 N–H and O–H groups in total. The number of nitrogens with two attached hydrogens (primary N) is 1. The quantitative estimate of drug-likeness (QED) is 0.118. The van der Waals surface area contributed by atoms with Gasteiger partial charge in [0, 0.05) is 66.6 Å². The topological polar surface area (TPSA) is 111 Å². The number of amidine groups is 1. The zero-order valence-corrected chi connectivity index (χ0v) is 33.1. The third-order valence-electron chi connectivity index (χ3n) is 11.6. The van der Waals surface area contributed by atoms with Crippen molar-refractivity contribution in [1.29, 1.82) is 5.41 Å². The summed E-state index contributed by atoms with van der Waals surface area (Å²) in [6, 6.07) is 58.8. The summed E-state index contributed by atoms with van der Waals surface area (Å²) in [6.45, 7) is 0. The lowest BCUT2D eigenvalue weighted by Crippen LogP contribution is -2.13. The van der Waals surface area contributed by atoms with Crippen LogP contribution in [0.15, 0.2) is 181 Å². The number of hydrogen-bond donors (Lipinski definition) is 2. The van der Waals surface area contributed by atoms with Crippen molar-refractivity contribution in [2.24, 2.45) is 10.7 Å². The Morgan fingerprint density at radius 3 is 1.82 bits per heavy atom. The first-order chi connectivity index (χ1) is 30.1. The Bertz CT molecular complexity index is 3340. The molecule has 0 saturated carbocycles. The molecule has 0 unspecified atom stereocenters. The van der Waals surface area contributed by atoms with Crippen LogP contribution in [0, 0.1) is 5.41 Å². The van der Waals surface area contributed by atoms with Gasteiger partial charge in [0.15, 0.2) is 17.5 Å². The van der Waals surface area contributed by atoms with E-state index in [2.05, 4.69) is 123 Å². The van der Waals surface area contributed by atoms with E-state index in [0.717, 1.165) is 91.3 Å². The van der Waals surface area contributed by atoms with Gasteiger partial charge in [-0.2, -0.15) is 0 Å². The van der Waals surface area contributed by atoms with Gasteiger partial charge in [-0.05, 0) is 54.8 Å². The van der Waals surface area contributed by atoms with Gasteiger partial charge in [0.1, 0.15) is 12.2 Å². The fraction of sp³-hybridized carbons (Fsp3) is 0.0377. The van der Waals surface area contributed by atoms with Gasteiger partial charge >= 0.3 is 0 Å². The molecular formula is C53H38N8. The van der Waals surface area contributed by atoms with Crippen LogP contribution >= 0.6 is 0 Å². The Morgan fingerprint density at radius 1 is 0.557 bits per heavy atom. The van der Waals surface area contributed by atoms with Crippen LogP contribution in [0.1, 0.15) is 23.2 Å². The molecule has 3 aromatic heterocycles. The van der Waals surface area contributed by atoms with E-state index < -0.39 is 0 Å². The number of aromatic nitrogens is 5. The predicted molar refractivity (Wildman–Crippen MR) is 250 cm³/mol. The maximum atomic E-state index is 7.53. The first-order valence-corrected chi connectivity index (χ1v) is 20.4. The van der Waals surface area contributed by atoms with Crippen LogP contribution in [-0.2, 0) is 6.42 Å². The highest BCUT2D eigenvalue weighted by atomic mass is 15.0. The van der Waals surface area contributed by atoms with Crippen LogP contribution in [0.2, 0.25) is 0 Å². The summed E-state index contributed by atoms with van der Waals surface area (Å²) in [6.07, 6.45) is 7.47. The van der Waals surface area contributed by atoms with Crippen LogP contribution < -0.4 is 5.73 Å². The number of rotatable bonds is 8. The maximum absolute atomic E-state index is 7.53. The lowest BCUT2D eigenvalue weighted by Gasteiger charge is -2.16. The number of para-hydroxylation sites is 3. The van der Waals surface area contributed by atoms with Gasteiger partial charge in [-0.1, -0.05) is 146 Å². The van der Waals surface area contributed by atoms with Crippen molar-refractivity contribution in [1.82, 2.24) is 24.1 Å². The molecular weight excluding hydrogens is 749 g/mol. The maximum Gasteiger partial charge on any atom is 0.164 e. The second-order valence-corrected chi connectivity index (χ2v) is 15.2. The van der Waals surface area contributed by atoms with E-state index in [1.165, 1.54) is 16.6 Å². The van der Waals surface area contributed by atoms with E-state index in [-0.39, 0.29) is 0 Å². The summed E-state index contributed by atoms with van der Waals surface area (Å²) in [5, 5.41) is 11.1. The van der Waals surface area contributed by atoms with E-state index in [4.69, 9.17) is 26.1 Å². The highest BCUT2D eigenvalue weighted by Crippen LogP contribution is 2.44. The van der Waals surface area contributed by atoms with Crippen LogP contribution in [0.25, 0.3) is 95.5 Å². The average molecular weight is 787 g/mol. The SMILES string of the molecule is N=CN=C(N)c1cccc(-n2c3ccccc3c3cccc(-c4cccc5c6c(n(-c7cccc(-c8nc(-c9ccccc9)nc(-c9ccccc9)n8)c7)c45)C=CCC6)c32)c1. The Balaban J connectivity index is 1.16. The largest absolute Gasteiger partial charge is 0.383 e. The fourth-order valence-electron chi connectivity index (χ4n) is 8.94. The monoisotopic (exact) mass is 786 g/mol. The fourth-order valence-corrected chi connectivity index (χ4v) is 8.94. The van der Waals surface area contributed by atoms with Gasteiger partial charge in [-0.15, -0.1) is 0 Å². The number of nitrogens with zero attached hydrogens (tertiary/aromatic N) is 6. The summed E-state index contributed by atoms with van der Waals surface area (Å²) in [4.78, 5) is 19.2. The highest BCUT2D eigenvalue weighted by molar-refractivity contribution is 6.16. The summed E-state index contributed by atoms with van der Waals surface area (Å²) < 4.78 is 4.76. The lowest BCUT2D eigenvalue weighted by molar-refractivity contribution is 0.967. The molecule has 0 amide bonds. The molecule has 0 spiro atoms. The van der Waals surface area contributed by atoms with Crippen molar-refractivity contribution >= 4 is 51.0 Å². The standard InChI is InChI=1S/C53H38N8/c54-33-56-50(55)36-19-11-21-38(31-36)60-46-29-9-7-23-40(46)42-25-13-27-44(48(42)60)45-28-14-26-43-41-24-8-10-30-47(41)61(49(43)45)39-22-12-20-37(32-39)53-58-51(34-15-3-1-4-16-34)57-52(59-53)35-17-5-2-6-18-35/h1-7,9-23,25-33H,8,24H2,(H3,54,55,56). The number of allylic oxidation sites excluding steroid dienone is 1. The molecule has 8 nitrogen and oxygen atoms in total. The Morgan fingerprint density at radius 2 is 1.11 bits per heavy atom. The Hall–Kier alpha value is -8.23. The molecule has 0 bridgehead atoms. The molecule has 8 heteroatoms. The first kappa shape index (κ1) is 35.9. The Labute approximate surface area is 352 Å².